The highest BCUT2D eigenvalue weighted by Crippen LogP contribution is 2.19. The van der Waals surface area contributed by atoms with Gasteiger partial charge in [-0.1, -0.05) is 47.1 Å². The molecule has 26 heavy (non-hydrogen) atoms. The van der Waals surface area contributed by atoms with Crippen molar-refractivity contribution in [2.24, 2.45) is 0 Å². The van der Waals surface area contributed by atoms with E-state index in [1.165, 1.54) is 4.68 Å². The Labute approximate surface area is 157 Å². The maximum atomic E-state index is 12.5. The molecular formula is C19H19ClN4O2. The van der Waals surface area contributed by atoms with Gasteiger partial charge in [-0.3, -0.25) is 4.79 Å². The fraction of sp³-hybridized carbons (Fsp3) is 0.211. The molecule has 0 aliphatic heterocycles. The topological polar surface area (TPSA) is 60.2 Å². The molecule has 0 saturated heterocycles. The van der Waals surface area contributed by atoms with E-state index in [2.05, 4.69) is 10.3 Å². The van der Waals surface area contributed by atoms with E-state index in [4.69, 9.17) is 16.3 Å². The van der Waals surface area contributed by atoms with Crippen molar-refractivity contribution < 1.29 is 9.53 Å². The number of aryl methyl sites for hydroxylation is 1. The molecule has 0 bridgehead atoms. The summed E-state index contributed by atoms with van der Waals surface area (Å²) < 4.78 is 7.22. The first kappa shape index (κ1) is 17.9. The van der Waals surface area contributed by atoms with Crippen LogP contribution in [0.3, 0.4) is 0 Å². The Morgan fingerprint density at radius 1 is 1.19 bits per heavy atom. The summed E-state index contributed by atoms with van der Waals surface area (Å²) in [6.07, 6.45) is 1.57. The molecule has 3 rings (SSSR count). The molecule has 0 spiro atoms. The monoisotopic (exact) mass is 370 g/mol. The number of likely N-dealkylation sites (N-methyl/N-ethyl adjacent to an activating group) is 1. The molecule has 0 fully saturated rings. The Bertz CT molecular complexity index is 910. The smallest absolute Gasteiger partial charge is 0.275 e. The van der Waals surface area contributed by atoms with Gasteiger partial charge in [0.05, 0.1) is 23.5 Å². The van der Waals surface area contributed by atoms with Gasteiger partial charge in [0.15, 0.2) is 5.69 Å². The largest absolute Gasteiger partial charge is 0.491 e. The van der Waals surface area contributed by atoms with Crippen LogP contribution in [0, 0.1) is 6.92 Å². The molecule has 2 aromatic carbocycles. The lowest BCUT2D eigenvalue weighted by molar-refractivity contribution is 0.0768. The number of hydrogen-bond donors (Lipinski definition) is 0. The second kappa shape index (κ2) is 8.01. The Hall–Kier alpha value is -2.86. The molecule has 0 aliphatic rings. The van der Waals surface area contributed by atoms with Crippen LogP contribution in [0.25, 0.3) is 5.69 Å². The zero-order valence-electron chi connectivity index (χ0n) is 14.6. The molecule has 0 N–H and O–H groups in total. The number of nitrogens with zero attached hydrogens (tertiary/aromatic N) is 4. The van der Waals surface area contributed by atoms with Crippen LogP contribution < -0.4 is 4.74 Å². The van der Waals surface area contributed by atoms with Crippen LogP contribution in [0.1, 0.15) is 16.1 Å². The lowest BCUT2D eigenvalue weighted by Crippen LogP contribution is -2.31. The Morgan fingerprint density at radius 2 is 1.92 bits per heavy atom. The van der Waals surface area contributed by atoms with Crippen molar-refractivity contribution in [1.82, 2.24) is 19.9 Å². The highest BCUT2D eigenvalue weighted by atomic mass is 35.5. The molecule has 1 heterocycles. The van der Waals surface area contributed by atoms with Crippen LogP contribution in [0.2, 0.25) is 5.02 Å². The van der Waals surface area contributed by atoms with Crippen LogP contribution in [0.5, 0.6) is 5.75 Å². The predicted molar refractivity (Wildman–Crippen MR) is 100 cm³/mol. The summed E-state index contributed by atoms with van der Waals surface area (Å²) in [7, 11) is 1.71. The minimum atomic E-state index is -0.225. The minimum Gasteiger partial charge on any atom is -0.491 e. The summed E-state index contributed by atoms with van der Waals surface area (Å²) in [5, 5.41) is 8.49. The average molecular weight is 371 g/mol. The molecule has 0 radical (unpaired) electrons. The van der Waals surface area contributed by atoms with Crippen molar-refractivity contribution >= 4 is 17.5 Å². The summed E-state index contributed by atoms with van der Waals surface area (Å²) in [5.74, 6) is 0.592. The zero-order chi connectivity index (χ0) is 18.5. The molecule has 1 amide bonds. The van der Waals surface area contributed by atoms with Crippen LogP contribution in [-0.2, 0) is 0 Å². The van der Waals surface area contributed by atoms with Gasteiger partial charge in [0.2, 0.25) is 0 Å². The van der Waals surface area contributed by atoms with Gasteiger partial charge >= 0.3 is 0 Å². The number of amides is 1. The number of para-hydroxylation sites is 2. The number of ether oxygens (including phenoxy) is 1. The molecule has 0 unspecified atom stereocenters. The lowest BCUT2D eigenvalue weighted by atomic mass is 10.2. The van der Waals surface area contributed by atoms with Gasteiger partial charge in [-0.05, 0) is 30.7 Å². The van der Waals surface area contributed by atoms with E-state index >= 15 is 0 Å². The van der Waals surface area contributed by atoms with Crippen molar-refractivity contribution in [1.29, 1.82) is 0 Å². The number of benzene rings is 2. The minimum absolute atomic E-state index is 0.225. The molecule has 0 aliphatic carbocycles. The van der Waals surface area contributed by atoms with Crippen molar-refractivity contribution in [3.05, 3.63) is 71.0 Å². The fourth-order valence-corrected chi connectivity index (χ4v) is 2.65. The molecule has 0 saturated carbocycles. The first-order valence-corrected chi connectivity index (χ1v) is 8.55. The molecule has 3 aromatic rings. The molecule has 7 heteroatoms. The number of hydrogen-bond acceptors (Lipinski definition) is 4. The fourth-order valence-electron chi connectivity index (χ4n) is 2.43. The Balaban J connectivity index is 1.61. The normalized spacial score (nSPS) is 10.6. The van der Waals surface area contributed by atoms with E-state index in [0.29, 0.717) is 23.9 Å². The van der Waals surface area contributed by atoms with E-state index in [0.717, 1.165) is 11.3 Å². The summed E-state index contributed by atoms with van der Waals surface area (Å²) >= 11 is 6.15. The van der Waals surface area contributed by atoms with Crippen molar-refractivity contribution in [2.45, 2.75) is 6.92 Å². The Morgan fingerprint density at radius 3 is 2.69 bits per heavy atom. The number of aromatic nitrogens is 3. The standard InChI is InChI=1S/C19H19ClN4O2/c1-14-7-3-6-10-18(14)26-12-11-23(2)19(25)16-13-24(22-21-16)17-9-5-4-8-15(17)20/h3-10,13H,11-12H2,1-2H3. The number of carbonyl (C=O) groups is 1. The van der Waals surface area contributed by atoms with E-state index in [1.54, 1.807) is 24.2 Å². The molecule has 1 aromatic heterocycles. The van der Waals surface area contributed by atoms with Gasteiger partial charge in [-0.25, -0.2) is 4.68 Å². The second-order valence-electron chi connectivity index (χ2n) is 5.84. The summed E-state index contributed by atoms with van der Waals surface area (Å²) in [4.78, 5) is 14.1. The lowest BCUT2D eigenvalue weighted by Gasteiger charge is -2.16. The van der Waals surface area contributed by atoms with E-state index in [1.807, 2.05) is 49.4 Å². The summed E-state index contributed by atoms with van der Waals surface area (Å²) in [6, 6.07) is 15.0. The van der Waals surface area contributed by atoms with E-state index < -0.39 is 0 Å². The zero-order valence-corrected chi connectivity index (χ0v) is 15.3. The molecule has 0 atom stereocenters. The van der Waals surface area contributed by atoms with Crippen LogP contribution in [-0.4, -0.2) is 46.0 Å². The molecular weight excluding hydrogens is 352 g/mol. The predicted octanol–water partition coefficient (Wildman–Crippen LogP) is 3.38. The third kappa shape index (κ3) is 4.03. The molecule has 6 nitrogen and oxygen atoms in total. The van der Waals surface area contributed by atoms with Gasteiger partial charge in [-0.2, -0.15) is 0 Å². The summed E-state index contributed by atoms with van der Waals surface area (Å²) in [6.45, 7) is 2.81. The quantitative estimate of drug-likeness (QED) is 0.667. The van der Waals surface area contributed by atoms with Gasteiger partial charge in [0, 0.05) is 7.05 Å². The third-order valence-electron chi connectivity index (χ3n) is 3.94. The van der Waals surface area contributed by atoms with Crippen molar-refractivity contribution in [2.75, 3.05) is 20.2 Å². The van der Waals surface area contributed by atoms with Gasteiger partial charge in [0.25, 0.3) is 5.91 Å². The average Bonchev–Trinajstić information content (AvgIpc) is 3.12. The highest BCUT2D eigenvalue weighted by Gasteiger charge is 2.17. The van der Waals surface area contributed by atoms with Gasteiger partial charge in [-0.15, -0.1) is 5.10 Å². The Kier molecular flexibility index (Phi) is 5.53. The summed E-state index contributed by atoms with van der Waals surface area (Å²) in [5.41, 5.74) is 1.98. The third-order valence-corrected chi connectivity index (χ3v) is 4.26. The van der Waals surface area contributed by atoms with E-state index in [9.17, 15) is 4.79 Å². The van der Waals surface area contributed by atoms with Crippen LogP contribution >= 0.6 is 11.6 Å². The SMILES string of the molecule is Cc1ccccc1OCCN(C)C(=O)c1cn(-c2ccccc2Cl)nn1. The highest BCUT2D eigenvalue weighted by molar-refractivity contribution is 6.32. The number of rotatable bonds is 6. The van der Waals surface area contributed by atoms with Crippen molar-refractivity contribution in [3.8, 4) is 11.4 Å². The molecule has 134 valence electrons. The number of carbonyl (C=O) groups excluding carboxylic acids is 1. The van der Waals surface area contributed by atoms with Gasteiger partial charge in [0.1, 0.15) is 12.4 Å². The van der Waals surface area contributed by atoms with Crippen LogP contribution in [0.15, 0.2) is 54.7 Å². The first-order chi connectivity index (χ1) is 12.6. The first-order valence-electron chi connectivity index (χ1n) is 8.17. The van der Waals surface area contributed by atoms with Crippen LogP contribution in [0.4, 0.5) is 0 Å². The maximum absolute atomic E-state index is 12.5. The van der Waals surface area contributed by atoms with E-state index in [-0.39, 0.29) is 11.6 Å². The van der Waals surface area contributed by atoms with Crippen molar-refractivity contribution in [3.63, 3.8) is 0 Å². The van der Waals surface area contributed by atoms with Gasteiger partial charge < -0.3 is 9.64 Å². The number of halogens is 1. The second-order valence-corrected chi connectivity index (χ2v) is 6.25. The maximum Gasteiger partial charge on any atom is 0.275 e.